The molecule has 2 rings (SSSR count). The van der Waals surface area contributed by atoms with Crippen LogP contribution in [0.2, 0.25) is 0 Å². The molecule has 1 aromatic rings. The first kappa shape index (κ1) is 16.3. The van der Waals surface area contributed by atoms with Crippen molar-refractivity contribution in [1.82, 2.24) is 5.32 Å². The van der Waals surface area contributed by atoms with Crippen LogP contribution in [0.15, 0.2) is 24.3 Å². The molecule has 0 amide bonds. The van der Waals surface area contributed by atoms with Crippen LogP contribution in [0, 0.1) is 18.8 Å². The van der Waals surface area contributed by atoms with Crippen LogP contribution >= 0.6 is 0 Å². The van der Waals surface area contributed by atoms with Gasteiger partial charge in [0.15, 0.2) is 0 Å². The Bertz CT molecular complexity index is 435. The Morgan fingerprint density at radius 1 is 1.33 bits per heavy atom. The number of aryl methyl sites for hydroxylation is 1. The van der Waals surface area contributed by atoms with E-state index >= 15 is 0 Å². The van der Waals surface area contributed by atoms with Gasteiger partial charge in [-0.05, 0) is 42.9 Å². The van der Waals surface area contributed by atoms with Crippen LogP contribution in [0.4, 0.5) is 0 Å². The van der Waals surface area contributed by atoms with Gasteiger partial charge < -0.3 is 15.2 Å². The van der Waals surface area contributed by atoms with Gasteiger partial charge in [-0.3, -0.25) is 0 Å². The molecule has 1 aromatic carbocycles. The summed E-state index contributed by atoms with van der Waals surface area (Å²) in [6.07, 6.45) is 3.38. The fourth-order valence-corrected chi connectivity index (χ4v) is 3.11. The predicted molar refractivity (Wildman–Crippen MR) is 86.7 cm³/mol. The summed E-state index contributed by atoms with van der Waals surface area (Å²) in [6.45, 7) is 7.63. The SMILES string of the molecule is Cc1cccc(OCC(O)CNC2CCCC(C)C2C)c1. The van der Waals surface area contributed by atoms with Crippen LogP contribution < -0.4 is 10.1 Å². The molecular formula is C18H29NO2. The molecule has 0 bridgehead atoms. The average Bonchev–Trinajstić information content (AvgIpc) is 2.47. The van der Waals surface area contributed by atoms with Crippen molar-refractivity contribution < 1.29 is 9.84 Å². The van der Waals surface area contributed by atoms with Crippen molar-refractivity contribution in [1.29, 1.82) is 0 Å². The van der Waals surface area contributed by atoms with E-state index in [0.717, 1.165) is 11.7 Å². The molecule has 1 aliphatic carbocycles. The van der Waals surface area contributed by atoms with Crippen molar-refractivity contribution in [2.24, 2.45) is 11.8 Å². The molecule has 4 atom stereocenters. The van der Waals surface area contributed by atoms with Crippen LogP contribution in [0.5, 0.6) is 5.75 Å². The van der Waals surface area contributed by atoms with Gasteiger partial charge in [-0.2, -0.15) is 0 Å². The second-order valence-electron chi connectivity index (χ2n) is 6.56. The fraction of sp³-hybridized carbons (Fsp3) is 0.667. The molecule has 1 aliphatic rings. The van der Waals surface area contributed by atoms with Crippen LogP contribution in [0.3, 0.4) is 0 Å². The predicted octanol–water partition coefficient (Wildman–Crippen LogP) is 3.15. The lowest BCUT2D eigenvalue weighted by atomic mass is 9.78. The Labute approximate surface area is 128 Å². The Morgan fingerprint density at radius 3 is 2.90 bits per heavy atom. The first-order valence-electron chi connectivity index (χ1n) is 8.17. The lowest BCUT2D eigenvalue weighted by Gasteiger charge is -2.35. The summed E-state index contributed by atoms with van der Waals surface area (Å²) >= 11 is 0. The number of aliphatic hydroxyl groups excluding tert-OH is 1. The van der Waals surface area contributed by atoms with E-state index in [1.165, 1.54) is 24.8 Å². The first-order chi connectivity index (χ1) is 10.1. The van der Waals surface area contributed by atoms with Gasteiger partial charge in [0.2, 0.25) is 0 Å². The van der Waals surface area contributed by atoms with Gasteiger partial charge in [-0.1, -0.05) is 38.8 Å². The van der Waals surface area contributed by atoms with Crippen molar-refractivity contribution in [3.05, 3.63) is 29.8 Å². The Balaban J connectivity index is 1.71. The Kier molecular flexibility index (Phi) is 6.07. The zero-order valence-electron chi connectivity index (χ0n) is 13.5. The monoisotopic (exact) mass is 291 g/mol. The van der Waals surface area contributed by atoms with E-state index in [1.54, 1.807) is 0 Å². The second kappa shape index (κ2) is 7.81. The Hall–Kier alpha value is -1.06. The minimum atomic E-state index is -0.463. The van der Waals surface area contributed by atoms with Gasteiger partial charge in [-0.25, -0.2) is 0 Å². The molecule has 0 spiro atoms. The summed E-state index contributed by atoms with van der Waals surface area (Å²) < 4.78 is 5.65. The van der Waals surface area contributed by atoms with E-state index in [9.17, 15) is 5.11 Å². The van der Waals surface area contributed by atoms with Gasteiger partial charge in [-0.15, -0.1) is 0 Å². The Morgan fingerprint density at radius 2 is 2.14 bits per heavy atom. The minimum absolute atomic E-state index is 0.340. The summed E-state index contributed by atoms with van der Waals surface area (Å²) in [6, 6.07) is 8.46. The average molecular weight is 291 g/mol. The highest BCUT2D eigenvalue weighted by atomic mass is 16.5. The van der Waals surface area contributed by atoms with Crippen molar-refractivity contribution >= 4 is 0 Å². The molecule has 0 aliphatic heterocycles. The number of ether oxygens (including phenoxy) is 1. The third kappa shape index (κ3) is 5.01. The highest BCUT2D eigenvalue weighted by Crippen LogP contribution is 2.29. The lowest BCUT2D eigenvalue weighted by Crippen LogP contribution is -2.44. The van der Waals surface area contributed by atoms with Crippen molar-refractivity contribution in [2.75, 3.05) is 13.2 Å². The highest BCUT2D eigenvalue weighted by molar-refractivity contribution is 5.27. The molecule has 1 fully saturated rings. The van der Waals surface area contributed by atoms with Gasteiger partial charge in [0, 0.05) is 12.6 Å². The molecule has 21 heavy (non-hydrogen) atoms. The molecule has 2 N–H and O–H groups in total. The van der Waals surface area contributed by atoms with Gasteiger partial charge >= 0.3 is 0 Å². The van der Waals surface area contributed by atoms with Crippen molar-refractivity contribution in [2.45, 2.75) is 52.2 Å². The number of benzene rings is 1. The molecular weight excluding hydrogens is 262 g/mol. The summed E-state index contributed by atoms with van der Waals surface area (Å²) in [5.74, 6) is 2.29. The maximum Gasteiger partial charge on any atom is 0.119 e. The molecule has 3 nitrogen and oxygen atoms in total. The van der Waals surface area contributed by atoms with E-state index in [0.29, 0.717) is 25.1 Å². The topological polar surface area (TPSA) is 41.5 Å². The van der Waals surface area contributed by atoms with Crippen LogP contribution in [0.1, 0.15) is 38.7 Å². The zero-order valence-corrected chi connectivity index (χ0v) is 13.5. The normalized spacial score (nSPS) is 27.3. The third-order valence-electron chi connectivity index (χ3n) is 4.75. The highest BCUT2D eigenvalue weighted by Gasteiger charge is 2.26. The van der Waals surface area contributed by atoms with Crippen LogP contribution in [-0.4, -0.2) is 30.4 Å². The molecule has 0 radical (unpaired) electrons. The molecule has 0 saturated heterocycles. The molecule has 0 aromatic heterocycles. The zero-order chi connectivity index (χ0) is 15.2. The van der Waals surface area contributed by atoms with E-state index in [-0.39, 0.29) is 0 Å². The van der Waals surface area contributed by atoms with Gasteiger partial charge in [0.05, 0.1) is 0 Å². The molecule has 3 heteroatoms. The van der Waals surface area contributed by atoms with Crippen molar-refractivity contribution in [3.8, 4) is 5.75 Å². The lowest BCUT2D eigenvalue weighted by molar-refractivity contribution is 0.0946. The molecule has 0 heterocycles. The van der Waals surface area contributed by atoms with Crippen LogP contribution in [0.25, 0.3) is 0 Å². The first-order valence-corrected chi connectivity index (χ1v) is 8.17. The summed E-state index contributed by atoms with van der Waals surface area (Å²) in [5, 5.41) is 13.6. The molecule has 118 valence electrons. The van der Waals surface area contributed by atoms with E-state index < -0.39 is 6.10 Å². The number of hydrogen-bond acceptors (Lipinski definition) is 3. The van der Waals surface area contributed by atoms with Gasteiger partial charge in [0.25, 0.3) is 0 Å². The summed E-state index contributed by atoms with van der Waals surface area (Å²) in [5.41, 5.74) is 1.17. The summed E-state index contributed by atoms with van der Waals surface area (Å²) in [7, 11) is 0. The number of rotatable bonds is 6. The number of hydrogen-bond donors (Lipinski definition) is 2. The van der Waals surface area contributed by atoms with E-state index in [2.05, 4.69) is 19.2 Å². The number of aliphatic hydroxyl groups is 1. The van der Waals surface area contributed by atoms with Gasteiger partial charge in [0.1, 0.15) is 18.5 Å². The molecule has 1 saturated carbocycles. The third-order valence-corrected chi connectivity index (χ3v) is 4.75. The second-order valence-corrected chi connectivity index (χ2v) is 6.56. The van der Waals surface area contributed by atoms with Crippen molar-refractivity contribution in [3.63, 3.8) is 0 Å². The van der Waals surface area contributed by atoms with E-state index in [1.807, 2.05) is 31.2 Å². The quantitative estimate of drug-likeness (QED) is 0.846. The maximum absolute atomic E-state index is 10.1. The fourth-order valence-electron chi connectivity index (χ4n) is 3.11. The summed E-state index contributed by atoms with van der Waals surface area (Å²) in [4.78, 5) is 0. The van der Waals surface area contributed by atoms with Crippen LogP contribution in [-0.2, 0) is 0 Å². The maximum atomic E-state index is 10.1. The molecule has 4 unspecified atom stereocenters. The van der Waals surface area contributed by atoms with E-state index in [4.69, 9.17) is 4.74 Å². The smallest absolute Gasteiger partial charge is 0.119 e. The number of nitrogens with one attached hydrogen (secondary N) is 1. The minimum Gasteiger partial charge on any atom is -0.491 e. The standard InChI is InChI=1S/C18H29NO2/c1-13-6-4-8-17(10-13)21-12-16(20)11-19-18-9-5-7-14(2)15(18)3/h4,6,8,10,14-16,18-20H,5,7,9,11-12H2,1-3H3. The largest absolute Gasteiger partial charge is 0.491 e.